The molecular formula is C13H13N3O2. The smallest absolute Gasteiger partial charge is 0.337 e. The maximum absolute atomic E-state index is 10.7. The maximum Gasteiger partial charge on any atom is 0.337 e. The molecule has 5 nitrogen and oxygen atoms in total. The first-order valence-corrected chi connectivity index (χ1v) is 5.51. The minimum atomic E-state index is -0.977. The quantitative estimate of drug-likeness (QED) is 0.860. The summed E-state index contributed by atoms with van der Waals surface area (Å²) >= 11 is 0. The lowest BCUT2D eigenvalue weighted by Gasteiger charge is -2.05. The number of hydrogen-bond donors (Lipinski definition) is 2. The largest absolute Gasteiger partial charge is 0.478 e. The lowest BCUT2D eigenvalue weighted by atomic mass is 10.3. The number of nitrogens with zero attached hydrogens (tertiary/aromatic N) is 2. The van der Waals surface area contributed by atoms with Crippen molar-refractivity contribution in [1.82, 2.24) is 9.97 Å². The van der Waals surface area contributed by atoms with E-state index in [0.717, 1.165) is 11.4 Å². The number of aryl methyl sites for hydroxylation is 1. The Morgan fingerprint density at radius 1 is 1.33 bits per heavy atom. The molecule has 0 aromatic carbocycles. The molecule has 0 aliphatic carbocycles. The second kappa shape index (κ2) is 5.27. The van der Waals surface area contributed by atoms with Crippen LogP contribution in [0.3, 0.4) is 0 Å². The van der Waals surface area contributed by atoms with Crippen LogP contribution in [0.2, 0.25) is 0 Å². The molecule has 2 heterocycles. The number of pyridine rings is 2. The third-order valence-corrected chi connectivity index (χ3v) is 2.41. The van der Waals surface area contributed by atoms with Gasteiger partial charge in [0.1, 0.15) is 5.82 Å². The third-order valence-electron chi connectivity index (χ3n) is 2.41. The van der Waals surface area contributed by atoms with Gasteiger partial charge < -0.3 is 10.4 Å². The first-order chi connectivity index (χ1) is 8.65. The first-order valence-electron chi connectivity index (χ1n) is 5.51. The number of nitrogens with one attached hydrogen (secondary N) is 1. The van der Waals surface area contributed by atoms with Crippen molar-refractivity contribution >= 4 is 11.8 Å². The predicted molar refractivity (Wildman–Crippen MR) is 67.5 cm³/mol. The van der Waals surface area contributed by atoms with Crippen LogP contribution in [0.4, 0.5) is 5.82 Å². The average Bonchev–Trinajstić information content (AvgIpc) is 2.37. The number of carboxylic acid groups (broad SMARTS) is 1. The molecule has 2 aromatic heterocycles. The van der Waals surface area contributed by atoms with Crippen molar-refractivity contribution in [2.45, 2.75) is 13.5 Å². The fraction of sp³-hybridized carbons (Fsp3) is 0.154. The zero-order valence-corrected chi connectivity index (χ0v) is 9.92. The number of anilines is 1. The number of carboxylic acids is 1. The SMILES string of the molecule is Cc1cccc(CNc2ccc(C(=O)O)cn2)n1. The molecule has 0 spiro atoms. The van der Waals surface area contributed by atoms with E-state index >= 15 is 0 Å². The fourth-order valence-electron chi connectivity index (χ4n) is 1.50. The minimum absolute atomic E-state index is 0.175. The molecule has 0 aliphatic rings. The summed E-state index contributed by atoms with van der Waals surface area (Å²) in [6.45, 7) is 2.49. The molecule has 0 atom stereocenters. The molecule has 0 fully saturated rings. The highest BCUT2D eigenvalue weighted by molar-refractivity contribution is 5.87. The zero-order chi connectivity index (χ0) is 13.0. The standard InChI is InChI=1S/C13H13N3O2/c1-9-3-2-4-11(16-9)8-15-12-6-5-10(7-14-12)13(17)18/h2-7H,8H2,1H3,(H,14,15)(H,17,18). The van der Waals surface area contributed by atoms with E-state index in [2.05, 4.69) is 15.3 Å². The Hall–Kier alpha value is -2.43. The lowest BCUT2D eigenvalue weighted by Crippen LogP contribution is -2.04. The summed E-state index contributed by atoms with van der Waals surface area (Å²) in [5.41, 5.74) is 2.05. The van der Waals surface area contributed by atoms with Gasteiger partial charge in [-0.15, -0.1) is 0 Å². The molecule has 0 saturated carbocycles. The van der Waals surface area contributed by atoms with Crippen LogP contribution >= 0.6 is 0 Å². The van der Waals surface area contributed by atoms with Gasteiger partial charge in [0.25, 0.3) is 0 Å². The van der Waals surface area contributed by atoms with Crippen LogP contribution in [0.25, 0.3) is 0 Å². The highest BCUT2D eigenvalue weighted by Gasteiger charge is 2.02. The van der Waals surface area contributed by atoms with Gasteiger partial charge in [-0.1, -0.05) is 6.07 Å². The summed E-state index contributed by atoms with van der Waals surface area (Å²) in [6.07, 6.45) is 1.33. The van der Waals surface area contributed by atoms with E-state index < -0.39 is 5.97 Å². The monoisotopic (exact) mass is 243 g/mol. The Bertz CT molecular complexity index is 552. The maximum atomic E-state index is 10.7. The molecule has 18 heavy (non-hydrogen) atoms. The van der Waals surface area contributed by atoms with E-state index in [-0.39, 0.29) is 5.56 Å². The van der Waals surface area contributed by atoms with Gasteiger partial charge in [0.15, 0.2) is 0 Å². The lowest BCUT2D eigenvalue weighted by molar-refractivity contribution is 0.0696. The average molecular weight is 243 g/mol. The van der Waals surface area contributed by atoms with Gasteiger partial charge in [0.05, 0.1) is 17.8 Å². The predicted octanol–water partition coefficient (Wildman–Crippen LogP) is 2.10. The van der Waals surface area contributed by atoms with Crippen molar-refractivity contribution in [3.63, 3.8) is 0 Å². The molecule has 2 rings (SSSR count). The van der Waals surface area contributed by atoms with Crippen molar-refractivity contribution < 1.29 is 9.90 Å². The molecule has 2 N–H and O–H groups in total. The Balaban J connectivity index is 2.00. The van der Waals surface area contributed by atoms with E-state index in [1.54, 1.807) is 6.07 Å². The summed E-state index contributed by atoms with van der Waals surface area (Å²) in [5, 5.41) is 11.8. The van der Waals surface area contributed by atoms with Crippen molar-refractivity contribution in [3.05, 3.63) is 53.5 Å². The summed E-state index contributed by atoms with van der Waals surface area (Å²) in [6, 6.07) is 8.95. The fourth-order valence-corrected chi connectivity index (χ4v) is 1.50. The van der Waals surface area contributed by atoms with E-state index in [1.807, 2.05) is 25.1 Å². The van der Waals surface area contributed by atoms with Crippen LogP contribution in [0.5, 0.6) is 0 Å². The van der Waals surface area contributed by atoms with E-state index in [1.165, 1.54) is 12.3 Å². The van der Waals surface area contributed by atoms with Crippen molar-refractivity contribution in [3.8, 4) is 0 Å². The summed E-state index contributed by atoms with van der Waals surface area (Å²) in [5.74, 6) is -0.349. The van der Waals surface area contributed by atoms with Gasteiger partial charge >= 0.3 is 5.97 Å². The summed E-state index contributed by atoms with van der Waals surface area (Å²) < 4.78 is 0. The minimum Gasteiger partial charge on any atom is -0.478 e. The Kier molecular flexibility index (Phi) is 3.52. The highest BCUT2D eigenvalue weighted by Crippen LogP contribution is 2.07. The van der Waals surface area contributed by atoms with Crippen LogP contribution in [-0.4, -0.2) is 21.0 Å². The summed E-state index contributed by atoms with van der Waals surface area (Å²) in [7, 11) is 0. The molecule has 0 amide bonds. The Morgan fingerprint density at radius 3 is 2.78 bits per heavy atom. The number of aromatic carboxylic acids is 1. The molecule has 0 radical (unpaired) electrons. The third kappa shape index (κ3) is 3.04. The molecule has 5 heteroatoms. The molecule has 0 saturated heterocycles. The van der Waals surface area contributed by atoms with Crippen LogP contribution in [-0.2, 0) is 6.54 Å². The molecular weight excluding hydrogens is 230 g/mol. The van der Waals surface area contributed by atoms with Crippen LogP contribution < -0.4 is 5.32 Å². The van der Waals surface area contributed by atoms with Gasteiger partial charge in [-0.2, -0.15) is 0 Å². The number of rotatable bonds is 4. The molecule has 0 bridgehead atoms. The number of hydrogen-bond acceptors (Lipinski definition) is 4. The number of aromatic nitrogens is 2. The van der Waals surface area contributed by atoms with Crippen molar-refractivity contribution in [2.75, 3.05) is 5.32 Å². The van der Waals surface area contributed by atoms with Gasteiger partial charge in [-0.25, -0.2) is 9.78 Å². The number of carbonyl (C=O) groups is 1. The van der Waals surface area contributed by atoms with Gasteiger partial charge in [0.2, 0.25) is 0 Å². The van der Waals surface area contributed by atoms with E-state index in [4.69, 9.17) is 5.11 Å². The Morgan fingerprint density at radius 2 is 2.17 bits per heavy atom. The summed E-state index contributed by atoms with van der Waals surface area (Å²) in [4.78, 5) is 19.0. The molecule has 0 aliphatic heterocycles. The van der Waals surface area contributed by atoms with Crippen LogP contribution in [0.1, 0.15) is 21.7 Å². The first kappa shape index (κ1) is 12.0. The second-order valence-corrected chi connectivity index (χ2v) is 3.86. The van der Waals surface area contributed by atoms with Gasteiger partial charge in [-0.3, -0.25) is 4.98 Å². The van der Waals surface area contributed by atoms with Crippen LogP contribution in [0.15, 0.2) is 36.5 Å². The van der Waals surface area contributed by atoms with Gasteiger partial charge in [0, 0.05) is 11.9 Å². The second-order valence-electron chi connectivity index (χ2n) is 3.86. The highest BCUT2D eigenvalue weighted by atomic mass is 16.4. The van der Waals surface area contributed by atoms with Crippen molar-refractivity contribution in [2.24, 2.45) is 0 Å². The topological polar surface area (TPSA) is 75.1 Å². The molecule has 0 unspecified atom stereocenters. The van der Waals surface area contributed by atoms with E-state index in [9.17, 15) is 4.79 Å². The molecule has 2 aromatic rings. The Labute approximate surface area is 105 Å². The van der Waals surface area contributed by atoms with Crippen molar-refractivity contribution in [1.29, 1.82) is 0 Å². The normalized spacial score (nSPS) is 10.1. The van der Waals surface area contributed by atoms with Gasteiger partial charge in [-0.05, 0) is 31.2 Å². The zero-order valence-electron chi connectivity index (χ0n) is 9.92. The van der Waals surface area contributed by atoms with E-state index in [0.29, 0.717) is 12.4 Å². The van der Waals surface area contributed by atoms with Crippen LogP contribution in [0, 0.1) is 6.92 Å². The molecule has 92 valence electrons.